The van der Waals surface area contributed by atoms with Crippen LogP contribution in [0.1, 0.15) is 59.3 Å². The van der Waals surface area contributed by atoms with Gasteiger partial charge in [-0.25, -0.2) is 14.4 Å². The summed E-state index contributed by atoms with van der Waals surface area (Å²) in [5, 5.41) is 9.56. The van der Waals surface area contributed by atoms with Crippen LogP contribution in [0.15, 0.2) is 23.8 Å². The number of halogens is 6. The third-order valence-electron chi connectivity index (χ3n) is 6.88. The lowest BCUT2D eigenvalue weighted by Crippen LogP contribution is -2.60. The highest BCUT2D eigenvalue weighted by Crippen LogP contribution is 2.45. The molecule has 0 aromatic heterocycles. The van der Waals surface area contributed by atoms with Gasteiger partial charge in [-0.1, -0.05) is 25.2 Å². The number of hydrogen-bond acceptors (Lipinski definition) is 6. The van der Waals surface area contributed by atoms with Crippen molar-refractivity contribution in [2.75, 3.05) is 0 Å². The van der Waals surface area contributed by atoms with Crippen molar-refractivity contribution in [3.05, 3.63) is 23.8 Å². The fraction of sp³-hybridized carbons (Fsp3) is 0.708. The van der Waals surface area contributed by atoms with Crippen LogP contribution in [0.4, 0.5) is 26.3 Å². The molecule has 0 unspecified atom stereocenters. The maximum atomic E-state index is 13.1. The summed E-state index contributed by atoms with van der Waals surface area (Å²) in [6.45, 7) is 8.08. The van der Waals surface area contributed by atoms with E-state index in [9.17, 15) is 45.8 Å². The molecule has 13 heteroatoms. The molecule has 0 aliphatic carbocycles. The van der Waals surface area contributed by atoms with E-state index in [-0.39, 0.29) is 19.3 Å². The molecule has 2 heterocycles. The Labute approximate surface area is 209 Å². The number of ether oxygens (including phenoxy) is 3. The average molecular weight is 544 g/mol. The van der Waals surface area contributed by atoms with Crippen molar-refractivity contribution in [3.8, 4) is 0 Å². The highest BCUT2D eigenvalue weighted by Gasteiger charge is 2.56. The quantitative estimate of drug-likeness (QED) is 0.222. The number of carboxylic acids is 1. The largest absolute Gasteiger partial charge is 0.490 e. The van der Waals surface area contributed by atoms with E-state index in [4.69, 9.17) is 14.2 Å². The third-order valence-corrected chi connectivity index (χ3v) is 6.88. The van der Waals surface area contributed by atoms with Crippen LogP contribution in [0, 0.1) is 11.8 Å². The first-order valence-electron chi connectivity index (χ1n) is 11.7. The Bertz CT molecular complexity index is 926. The number of allylic oxidation sites excluding steroid dienone is 2. The first kappa shape index (κ1) is 30.7. The van der Waals surface area contributed by atoms with Crippen molar-refractivity contribution >= 4 is 17.9 Å². The summed E-state index contributed by atoms with van der Waals surface area (Å²) in [5.41, 5.74) is -1.35. The van der Waals surface area contributed by atoms with Crippen molar-refractivity contribution in [1.82, 2.24) is 0 Å². The Kier molecular flexibility index (Phi) is 9.48. The van der Waals surface area contributed by atoms with E-state index in [0.29, 0.717) is 12.8 Å². The highest BCUT2D eigenvalue weighted by molar-refractivity contribution is 5.86. The molecule has 2 bridgehead atoms. The number of hydrogen-bond donors (Lipinski definition) is 1. The van der Waals surface area contributed by atoms with Gasteiger partial charge < -0.3 is 19.3 Å². The first-order chi connectivity index (χ1) is 16.9. The van der Waals surface area contributed by atoms with Crippen LogP contribution < -0.4 is 0 Å². The molecule has 1 N–H and O–H groups in total. The zero-order valence-corrected chi connectivity index (χ0v) is 20.6. The average Bonchev–Trinajstić information content (AvgIpc) is 2.75. The molecule has 2 rings (SSSR count). The molecule has 210 valence electrons. The van der Waals surface area contributed by atoms with Crippen LogP contribution in [-0.4, -0.2) is 59.3 Å². The Morgan fingerprint density at radius 2 is 1.68 bits per heavy atom. The minimum absolute atomic E-state index is 0.0166. The predicted molar refractivity (Wildman–Crippen MR) is 116 cm³/mol. The van der Waals surface area contributed by atoms with Gasteiger partial charge in [0.2, 0.25) is 0 Å². The van der Waals surface area contributed by atoms with E-state index < -0.39 is 78.0 Å². The zero-order chi connectivity index (χ0) is 28.3. The lowest BCUT2D eigenvalue weighted by molar-refractivity contribution is -0.262. The number of carbonyl (C=O) groups excluding carboxylic acids is 2. The van der Waals surface area contributed by atoms with Crippen molar-refractivity contribution in [2.24, 2.45) is 11.8 Å². The Balaban J connectivity index is 2.62. The topological polar surface area (TPSA) is 99.1 Å². The fourth-order valence-electron chi connectivity index (χ4n) is 4.74. The van der Waals surface area contributed by atoms with E-state index in [0.717, 1.165) is 5.57 Å². The summed E-state index contributed by atoms with van der Waals surface area (Å²) in [6.07, 6.45) is -12.6. The summed E-state index contributed by atoms with van der Waals surface area (Å²) < 4.78 is 94.0. The highest BCUT2D eigenvalue weighted by atomic mass is 19.4. The summed E-state index contributed by atoms with van der Waals surface area (Å²) in [6, 6.07) is 0. The fourth-order valence-corrected chi connectivity index (χ4v) is 4.74. The molecule has 0 saturated carbocycles. The van der Waals surface area contributed by atoms with E-state index in [1.807, 2.05) is 13.0 Å². The first-order valence-corrected chi connectivity index (χ1v) is 11.7. The minimum atomic E-state index is -5.36. The molecule has 6 atom stereocenters. The summed E-state index contributed by atoms with van der Waals surface area (Å²) in [4.78, 5) is 35.3. The summed E-state index contributed by atoms with van der Waals surface area (Å²) >= 11 is 0. The van der Waals surface area contributed by atoms with Gasteiger partial charge in [-0.3, -0.25) is 0 Å². The zero-order valence-electron chi connectivity index (χ0n) is 20.6. The van der Waals surface area contributed by atoms with Crippen LogP contribution in [-0.2, 0) is 28.6 Å². The molecule has 0 radical (unpaired) electrons. The van der Waals surface area contributed by atoms with E-state index >= 15 is 0 Å². The van der Waals surface area contributed by atoms with Gasteiger partial charge in [-0.15, -0.1) is 0 Å². The number of aliphatic carboxylic acids is 1. The molecule has 0 amide bonds. The second-order valence-corrected chi connectivity index (χ2v) is 9.79. The lowest BCUT2D eigenvalue weighted by atomic mass is 9.74. The Morgan fingerprint density at radius 1 is 1.11 bits per heavy atom. The van der Waals surface area contributed by atoms with Crippen LogP contribution in [0.3, 0.4) is 0 Å². The van der Waals surface area contributed by atoms with Crippen LogP contribution in [0.25, 0.3) is 0 Å². The van der Waals surface area contributed by atoms with Gasteiger partial charge >= 0.3 is 30.3 Å². The molecule has 2 aliphatic heterocycles. The molecular formula is C24H30F6O7. The van der Waals surface area contributed by atoms with E-state index in [1.165, 1.54) is 13.8 Å². The molecule has 2 aliphatic rings. The monoisotopic (exact) mass is 544 g/mol. The van der Waals surface area contributed by atoms with E-state index in [2.05, 4.69) is 6.58 Å². The van der Waals surface area contributed by atoms with Crippen molar-refractivity contribution < 1.29 is 60.0 Å². The number of rotatable bonds is 4. The molecule has 1 saturated heterocycles. The van der Waals surface area contributed by atoms with Gasteiger partial charge in [-0.05, 0) is 58.3 Å². The van der Waals surface area contributed by atoms with Crippen molar-refractivity contribution in [2.45, 2.75) is 95.6 Å². The second-order valence-electron chi connectivity index (χ2n) is 9.79. The Hall–Kier alpha value is -2.57. The van der Waals surface area contributed by atoms with E-state index in [1.54, 1.807) is 0 Å². The van der Waals surface area contributed by atoms with Gasteiger partial charge in [0.05, 0.1) is 0 Å². The molecular weight excluding hydrogens is 514 g/mol. The van der Waals surface area contributed by atoms with Crippen LogP contribution >= 0.6 is 0 Å². The van der Waals surface area contributed by atoms with Gasteiger partial charge in [0.15, 0.2) is 0 Å². The molecule has 0 aromatic rings. The number of carboxylic acid groups (broad SMARTS) is 1. The normalized spacial score (nSPS) is 33.1. The standard InChI is InChI=1S/C24H30F6O7/c1-12-7-5-9-13(2)17(36-21(34)24(28,29)30)18-15(14(3)19(31)32)11-16(35-20(33)23(25,26)27)22(4,37-18)10-6-8-12/h8,13,15-18H,3,5-7,9-11H2,1-2,4H3,(H,31,32)/b12-8+/t13-,15-,16+,17-,18+,22-/m0/s1. The predicted octanol–water partition coefficient (Wildman–Crippen LogP) is 5.29. The van der Waals surface area contributed by atoms with Gasteiger partial charge in [0.1, 0.15) is 23.9 Å². The minimum Gasteiger partial charge on any atom is -0.478 e. The summed E-state index contributed by atoms with van der Waals surface area (Å²) in [7, 11) is 0. The number of esters is 2. The molecule has 0 spiro atoms. The maximum Gasteiger partial charge on any atom is 0.490 e. The second kappa shape index (κ2) is 11.4. The van der Waals surface area contributed by atoms with Crippen LogP contribution in [0.5, 0.6) is 0 Å². The maximum absolute atomic E-state index is 13.1. The molecule has 1 fully saturated rings. The van der Waals surface area contributed by atoms with Gasteiger partial charge in [-0.2, -0.15) is 26.3 Å². The van der Waals surface area contributed by atoms with Crippen molar-refractivity contribution in [3.63, 3.8) is 0 Å². The summed E-state index contributed by atoms with van der Waals surface area (Å²) in [5.74, 6) is -8.80. The van der Waals surface area contributed by atoms with Crippen LogP contribution in [0.2, 0.25) is 0 Å². The molecule has 37 heavy (non-hydrogen) atoms. The van der Waals surface area contributed by atoms with Gasteiger partial charge in [0.25, 0.3) is 0 Å². The number of carbonyl (C=O) groups is 3. The van der Waals surface area contributed by atoms with Gasteiger partial charge in [0, 0.05) is 11.5 Å². The Morgan fingerprint density at radius 3 is 2.22 bits per heavy atom. The number of alkyl halides is 6. The number of fused-ring (bicyclic) bond motifs is 2. The SMILES string of the molecule is C=C(C(=O)O)[C@@H]1C[C@@H](OC(=O)C(F)(F)F)[C@]2(C)CC/C=C(\C)CCC[C@H](C)[C@H](OC(=O)C(F)(F)F)[C@@H]1O2. The molecule has 7 nitrogen and oxygen atoms in total. The third kappa shape index (κ3) is 7.71. The smallest absolute Gasteiger partial charge is 0.478 e. The van der Waals surface area contributed by atoms with Crippen molar-refractivity contribution in [1.29, 1.82) is 0 Å². The lowest BCUT2D eigenvalue weighted by Gasteiger charge is -2.50. The molecule has 0 aromatic carbocycles.